The summed E-state index contributed by atoms with van der Waals surface area (Å²) in [4.78, 5) is 5.56. The fourth-order valence-electron chi connectivity index (χ4n) is 2.07. The maximum atomic E-state index is 5.85. The Morgan fingerprint density at radius 1 is 1.30 bits per heavy atom. The lowest BCUT2D eigenvalue weighted by atomic mass is 10.1. The van der Waals surface area contributed by atoms with Crippen molar-refractivity contribution in [2.24, 2.45) is 5.73 Å². The van der Waals surface area contributed by atoms with Gasteiger partial charge in [0.25, 0.3) is 0 Å². The van der Waals surface area contributed by atoms with Crippen LogP contribution in [0.4, 0.5) is 0 Å². The summed E-state index contributed by atoms with van der Waals surface area (Å²) in [7, 11) is 0. The molecule has 0 spiro atoms. The molecule has 0 saturated carbocycles. The van der Waals surface area contributed by atoms with Crippen LogP contribution >= 0.6 is 23.4 Å². The Kier molecular flexibility index (Phi) is 4.10. The fraction of sp³-hybridized carbons (Fsp3) is 0.286. The van der Waals surface area contributed by atoms with Crippen molar-refractivity contribution in [3.8, 4) is 0 Å². The zero-order valence-corrected chi connectivity index (χ0v) is 12.3. The molecule has 1 aromatic heterocycles. The second kappa shape index (κ2) is 5.99. The predicted molar refractivity (Wildman–Crippen MR) is 79.8 cm³/mol. The number of allylic oxidation sites excluding steroid dienone is 1. The van der Waals surface area contributed by atoms with Crippen LogP contribution in [0.5, 0.6) is 0 Å². The van der Waals surface area contributed by atoms with Crippen LogP contribution in [0.15, 0.2) is 45.8 Å². The summed E-state index contributed by atoms with van der Waals surface area (Å²) in [5.74, 6) is 2.19. The minimum atomic E-state index is 0.0961. The summed E-state index contributed by atoms with van der Waals surface area (Å²) in [5, 5.41) is 4.75. The van der Waals surface area contributed by atoms with E-state index in [0.29, 0.717) is 17.5 Å². The molecule has 0 bridgehead atoms. The monoisotopic (exact) mass is 307 g/mol. The Hall–Kier alpha value is -1.30. The number of hydrogen-bond donors (Lipinski definition) is 1. The van der Waals surface area contributed by atoms with Gasteiger partial charge in [0.2, 0.25) is 5.89 Å². The summed E-state index contributed by atoms with van der Waals surface area (Å²) >= 11 is 7.50. The molecule has 0 aliphatic heterocycles. The normalized spacial score (nSPS) is 21.5. The molecule has 0 fully saturated rings. The molecule has 20 heavy (non-hydrogen) atoms. The molecule has 6 heteroatoms. The molecule has 2 unspecified atom stereocenters. The van der Waals surface area contributed by atoms with E-state index < -0.39 is 0 Å². The van der Waals surface area contributed by atoms with E-state index in [1.54, 1.807) is 11.8 Å². The van der Waals surface area contributed by atoms with E-state index in [0.717, 1.165) is 16.3 Å². The molecule has 2 N–H and O–H groups in total. The van der Waals surface area contributed by atoms with Crippen LogP contribution in [-0.4, -0.2) is 16.2 Å². The van der Waals surface area contributed by atoms with Gasteiger partial charge in [0.05, 0.1) is 11.7 Å². The minimum Gasteiger partial charge on any atom is -0.339 e. The molecule has 3 rings (SSSR count). The highest BCUT2D eigenvalue weighted by molar-refractivity contribution is 7.98. The van der Waals surface area contributed by atoms with Crippen molar-refractivity contribution in [2.45, 2.75) is 29.0 Å². The lowest BCUT2D eigenvalue weighted by molar-refractivity contribution is 0.361. The van der Waals surface area contributed by atoms with Crippen molar-refractivity contribution in [3.63, 3.8) is 0 Å². The molecule has 2 aromatic rings. The number of thioether (sulfide) groups is 1. The van der Waals surface area contributed by atoms with Crippen LogP contribution < -0.4 is 5.73 Å². The van der Waals surface area contributed by atoms with E-state index in [9.17, 15) is 0 Å². The molecular weight excluding hydrogens is 294 g/mol. The average molecular weight is 308 g/mol. The van der Waals surface area contributed by atoms with Gasteiger partial charge in [0.1, 0.15) is 0 Å². The van der Waals surface area contributed by atoms with Gasteiger partial charge in [0, 0.05) is 16.0 Å². The summed E-state index contributed by atoms with van der Waals surface area (Å²) in [6.45, 7) is 0. The SMILES string of the molecule is NC1C=CC(c2nc(CSc3ccc(Cl)cc3)no2)C1. The van der Waals surface area contributed by atoms with Gasteiger partial charge < -0.3 is 10.3 Å². The summed E-state index contributed by atoms with van der Waals surface area (Å²) in [5.41, 5.74) is 5.82. The van der Waals surface area contributed by atoms with Gasteiger partial charge in [-0.3, -0.25) is 0 Å². The van der Waals surface area contributed by atoms with Crippen LogP contribution in [0.3, 0.4) is 0 Å². The largest absolute Gasteiger partial charge is 0.339 e. The Morgan fingerprint density at radius 2 is 2.10 bits per heavy atom. The third-order valence-corrected chi connectivity index (χ3v) is 4.36. The lowest BCUT2D eigenvalue weighted by Crippen LogP contribution is -2.14. The van der Waals surface area contributed by atoms with E-state index in [-0.39, 0.29) is 12.0 Å². The Balaban J connectivity index is 1.60. The standard InChI is InChI=1S/C14H14ClN3OS/c15-10-2-5-12(6-3-10)20-8-13-17-14(19-18-13)9-1-4-11(16)7-9/h1-6,9,11H,7-8,16H2. The molecule has 4 nitrogen and oxygen atoms in total. The van der Waals surface area contributed by atoms with E-state index in [2.05, 4.69) is 10.1 Å². The van der Waals surface area contributed by atoms with Crippen molar-refractivity contribution >= 4 is 23.4 Å². The lowest BCUT2D eigenvalue weighted by Gasteiger charge is -2.02. The van der Waals surface area contributed by atoms with Crippen molar-refractivity contribution in [1.82, 2.24) is 10.1 Å². The first kappa shape index (κ1) is 13.7. The topological polar surface area (TPSA) is 64.9 Å². The van der Waals surface area contributed by atoms with Gasteiger partial charge >= 0.3 is 0 Å². The summed E-state index contributed by atoms with van der Waals surface area (Å²) in [6.07, 6.45) is 4.86. The second-order valence-corrected chi connectivity index (χ2v) is 6.17. The number of aromatic nitrogens is 2. The third-order valence-electron chi connectivity index (χ3n) is 3.10. The Labute approximate surface area is 126 Å². The van der Waals surface area contributed by atoms with Crippen molar-refractivity contribution in [1.29, 1.82) is 0 Å². The Morgan fingerprint density at radius 3 is 2.80 bits per heavy atom. The summed E-state index contributed by atoms with van der Waals surface area (Å²) < 4.78 is 5.30. The fourth-order valence-corrected chi connectivity index (χ4v) is 2.93. The van der Waals surface area contributed by atoms with Gasteiger partial charge in [-0.1, -0.05) is 28.9 Å². The maximum absolute atomic E-state index is 5.85. The van der Waals surface area contributed by atoms with Crippen molar-refractivity contribution in [3.05, 3.63) is 53.2 Å². The van der Waals surface area contributed by atoms with Gasteiger partial charge in [-0.2, -0.15) is 4.98 Å². The van der Waals surface area contributed by atoms with Gasteiger partial charge in [-0.25, -0.2) is 0 Å². The molecule has 1 aliphatic carbocycles. The van der Waals surface area contributed by atoms with Gasteiger partial charge in [-0.15, -0.1) is 11.8 Å². The van der Waals surface area contributed by atoms with Crippen LogP contribution in [0, 0.1) is 0 Å². The maximum Gasteiger partial charge on any atom is 0.233 e. The molecule has 0 radical (unpaired) electrons. The molecule has 2 atom stereocenters. The molecule has 1 aliphatic rings. The van der Waals surface area contributed by atoms with E-state index in [1.165, 1.54) is 0 Å². The number of nitrogens with zero attached hydrogens (tertiary/aromatic N) is 2. The predicted octanol–water partition coefficient (Wildman–Crippen LogP) is 3.39. The minimum absolute atomic E-state index is 0.0961. The van der Waals surface area contributed by atoms with Crippen LogP contribution in [0.1, 0.15) is 24.1 Å². The number of benzene rings is 1. The molecule has 0 amide bonds. The van der Waals surface area contributed by atoms with Crippen LogP contribution in [0.25, 0.3) is 0 Å². The number of nitrogens with two attached hydrogens (primary N) is 1. The smallest absolute Gasteiger partial charge is 0.233 e. The quantitative estimate of drug-likeness (QED) is 0.693. The molecule has 104 valence electrons. The van der Waals surface area contributed by atoms with Crippen LogP contribution in [-0.2, 0) is 5.75 Å². The van der Waals surface area contributed by atoms with E-state index in [4.69, 9.17) is 21.9 Å². The number of halogens is 1. The van der Waals surface area contributed by atoms with Crippen molar-refractivity contribution < 1.29 is 4.52 Å². The molecule has 1 aromatic carbocycles. The molecular formula is C14H14ClN3OS. The number of hydrogen-bond acceptors (Lipinski definition) is 5. The second-order valence-electron chi connectivity index (χ2n) is 4.68. The average Bonchev–Trinajstić information content (AvgIpc) is 3.07. The van der Waals surface area contributed by atoms with E-state index in [1.807, 2.05) is 36.4 Å². The van der Waals surface area contributed by atoms with E-state index >= 15 is 0 Å². The third kappa shape index (κ3) is 3.23. The first-order valence-electron chi connectivity index (χ1n) is 6.35. The highest BCUT2D eigenvalue weighted by atomic mass is 35.5. The first-order chi connectivity index (χ1) is 9.70. The zero-order chi connectivity index (χ0) is 13.9. The zero-order valence-electron chi connectivity index (χ0n) is 10.7. The van der Waals surface area contributed by atoms with Gasteiger partial charge in [-0.05, 0) is 30.7 Å². The first-order valence-corrected chi connectivity index (χ1v) is 7.72. The molecule has 0 saturated heterocycles. The van der Waals surface area contributed by atoms with Crippen molar-refractivity contribution in [2.75, 3.05) is 0 Å². The highest BCUT2D eigenvalue weighted by Gasteiger charge is 2.22. The van der Waals surface area contributed by atoms with Gasteiger partial charge in [0.15, 0.2) is 5.82 Å². The molecule has 1 heterocycles. The Bertz CT molecular complexity index is 611. The van der Waals surface area contributed by atoms with Crippen LogP contribution in [0.2, 0.25) is 5.02 Å². The number of rotatable bonds is 4. The highest BCUT2D eigenvalue weighted by Crippen LogP contribution is 2.28. The summed E-state index contributed by atoms with van der Waals surface area (Å²) in [6, 6.07) is 7.80.